The molecule has 4 nitrogen and oxygen atoms in total. The summed E-state index contributed by atoms with van der Waals surface area (Å²) in [5.41, 5.74) is 1.58. The van der Waals surface area contributed by atoms with E-state index in [4.69, 9.17) is 4.74 Å². The maximum absolute atomic E-state index is 14.0. The molecule has 1 heterocycles. The van der Waals surface area contributed by atoms with Crippen LogP contribution in [0.3, 0.4) is 0 Å². The maximum Gasteiger partial charge on any atom is 0.154 e. The molecule has 0 saturated heterocycles. The third kappa shape index (κ3) is 2.62. The Bertz CT molecular complexity index is 1120. The van der Waals surface area contributed by atoms with Crippen LogP contribution < -0.4 is 4.74 Å². The summed E-state index contributed by atoms with van der Waals surface area (Å²) in [7, 11) is 0. The van der Waals surface area contributed by atoms with Crippen LogP contribution in [0.2, 0.25) is 0 Å². The zero-order valence-corrected chi connectivity index (χ0v) is 14.3. The van der Waals surface area contributed by atoms with Gasteiger partial charge < -0.3 is 9.30 Å². The molecule has 4 rings (SSSR count). The highest BCUT2D eigenvalue weighted by molar-refractivity contribution is 6.00. The molecule has 0 N–H and O–H groups in total. The van der Waals surface area contributed by atoms with Crippen molar-refractivity contribution in [2.45, 2.75) is 20.1 Å². The van der Waals surface area contributed by atoms with Gasteiger partial charge in [-0.05, 0) is 35.9 Å². The van der Waals surface area contributed by atoms with Crippen LogP contribution in [0.15, 0.2) is 54.6 Å². The molecule has 0 spiro atoms. The van der Waals surface area contributed by atoms with E-state index in [1.807, 2.05) is 47.9 Å². The number of imidazole rings is 1. The number of hydrogen-bond donors (Lipinski definition) is 0. The summed E-state index contributed by atoms with van der Waals surface area (Å²) in [6.45, 7) is 2.78. The van der Waals surface area contributed by atoms with E-state index in [2.05, 4.69) is 4.98 Å². The van der Waals surface area contributed by atoms with Crippen LogP contribution in [0.1, 0.15) is 23.1 Å². The van der Waals surface area contributed by atoms with E-state index in [1.165, 1.54) is 6.07 Å². The van der Waals surface area contributed by atoms with E-state index < -0.39 is 0 Å². The number of halogens is 1. The van der Waals surface area contributed by atoms with E-state index in [0.717, 1.165) is 22.6 Å². The van der Waals surface area contributed by atoms with Gasteiger partial charge >= 0.3 is 0 Å². The molecular weight excluding hydrogens is 331 g/mol. The Balaban J connectivity index is 1.72. The van der Waals surface area contributed by atoms with Crippen LogP contribution in [-0.4, -0.2) is 15.8 Å². The van der Waals surface area contributed by atoms with Crippen LogP contribution in [0.25, 0.3) is 21.8 Å². The number of fused-ring (bicyclic) bond motifs is 2. The third-order valence-electron chi connectivity index (χ3n) is 4.53. The maximum atomic E-state index is 14.0. The topological polar surface area (TPSA) is 44.1 Å². The molecule has 5 heteroatoms. The van der Waals surface area contributed by atoms with Crippen molar-refractivity contribution in [2.75, 3.05) is 0 Å². The number of aromatic nitrogens is 2. The summed E-state index contributed by atoms with van der Waals surface area (Å²) in [4.78, 5) is 16.0. The number of ether oxygens (including phenoxy) is 1. The normalized spacial score (nSPS) is 11.2. The van der Waals surface area contributed by atoms with Gasteiger partial charge in [0.05, 0.1) is 11.1 Å². The van der Waals surface area contributed by atoms with Gasteiger partial charge in [0, 0.05) is 6.54 Å². The van der Waals surface area contributed by atoms with E-state index in [9.17, 15) is 9.18 Å². The fourth-order valence-corrected chi connectivity index (χ4v) is 3.29. The first-order chi connectivity index (χ1) is 12.7. The van der Waals surface area contributed by atoms with Crippen molar-refractivity contribution < 1.29 is 13.9 Å². The number of aldehydes is 1. The quantitative estimate of drug-likeness (QED) is 0.489. The lowest BCUT2D eigenvalue weighted by Crippen LogP contribution is -2.07. The SMILES string of the molecule is CCn1c(COc2ccc3ccccc3c2C=O)nc2c(F)cccc21. The predicted molar refractivity (Wildman–Crippen MR) is 99.0 cm³/mol. The highest BCUT2D eigenvalue weighted by atomic mass is 19.1. The van der Waals surface area contributed by atoms with Crippen molar-refractivity contribution in [2.24, 2.45) is 0 Å². The Labute approximate surface area is 149 Å². The summed E-state index contributed by atoms with van der Waals surface area (Å²) in [6, 6.07) is 16.3. The molecule has 0 aliphatic heterocycles. The van der Waals surface area contributed by atoms with Crippen LogP contribution in [0.4, 0.5) is 4.39 Å². The number of hydrogen-bond acceptors (Lipinski definition) is 3. The van der Waals surface area contributed by atoms with Gasteiger partial charge in [-0.25, -0.2) is 9.37 Å². The molecule has 0 bridgehead atoms. The van der Waals surface area contributed by atoms with Crippen molar-refractivity contribution in [1.82, 2.24) is 9.55 Å². The lowest BCUT2D eigenvalue weighted by Gasteiger charge is -2.11. The Morgan fingerprint density at radius 3 is 2.77 bits per heavy atom. The van der Waals surface area contributed by atoms with Gasteiger partial charge in [-0.2, -0.15) is 0 Å². The van der Waals surface area contributed by atoms with E-state index >= 15 is 0 Å². The van der Waals surface area contributed by atoms with Gasteiger partial charge in [-0.1, -0.05) is 36.4 Å². The minimum absolute atomic E-state index is 0.154. The zero-order valence-electron chi connectivity index (χ0n) is 14.3. The second-order valence-corrected chi connectivity index (χ2v) is 5.98. The first-order valence-corrected chi connectivity index (χ1v) is 8.46. The fourth-order valence-electron chi connectivity index (χ4n) is 3.29. The highest BCUT2D eigenvalue weighted by Crippen LogP contribution is 2.28. The molecule has 0 atom stereocenters. The summed E-state index contributed by atoms with van der Waals surface area (Å²) < 4.78 is 21.8. The highest BCUT2D eigenvalue weighted by Gasteiger charge is 2.14. The van der Waals surface area contributed by atoms with Gasteiger partial charge in [-0.15, -0.1) is 0 Å². The van der Waals surface area contributed by atoms with Gasteiger partial charge in [0.15, 0.2) is 12.1 Å². The molecule has 130 valence electrons. The lowest BCUT2D eigenvalue weighted by molar-refractivity contribution is 0.112. The monoisotopic (exact) mass is 348 g/mol. The summed E-state index contributed by atoms with van der Waals surface area (Å²) >= 11 is 0. The molecule has 0 radical (unpaired) electrons. The van der Waals surface area contributed by atoms with Crippen molar-refractivity contribution in [3.8, 4) is 5.75 Å². The average molecular weight is 348 g/mol. The Hall–Kier alpha value is -3.21. The molecule has 4 aromatic rings. The first kappa shape index (κ1) is 16.3. The Morgan fingerprint density at radius 1 is 1.12 bits per heavy atom. The predicted octanol–water partition coefficient (Wildman–Crippen LogP) is 4.74. The third-order valence-corrected chi connectivity index (χ3v) is 4.53. The minimum Gasteiger partial charge on any atom is -0.485 e. The molecule has 0 aliphatic carbocycles. The van der Waals surface area contributed by atoms with Gasteiger partial charge in [0.1, 0.15) is 23.7 Å². The molecular formula is C21H17FN2O2. The van der Waals surface area contributed by atoms with Crippen LogP contribution >= 0.6 is 0 Å². The molecule has 26 heavy (non-hydrogen) atoms. The lowest BCUT2D eigenvalue weighted by atomic mass is 10.0. The number of nitrogens with zero attached hydrogens (tertiary/aromatic N) is 2. The van der Waals surface area contributed by atoms with Crippen molar-refractivity contribution in [3.05, 3.63) is 71.8 Å². The van der Waals surface area contributed by atoms with Crippen LogP contribution in [0, 0.1) is 5.82 Å². The smallest absolute Gasteiger partial charge is 0.154 e. The Kier molecular flexibility index (Phi) is 4.13. The van der Waals surface area contributed by atoms with Crippen molar-refractivity contribution >= 4 is 28.1 Å². The van der Waals surface area contributed by atoms with Gasteiger partial charge in [-0.3, -0.25) is 4.79 Å². The molecule has 3 aromatic carbocycles. The molecule has 1 aromatic heterocycles. The molecule has 0 unspecified atom stereocenters. The van der Waals surface area contributed by atoms with E-state index in [0.29, 0.717) is 29.2 Å². The van der Waals surface area contributed by atoms with Crippen LogP contribution in [-0.2, 0) is 13.2 Å². The van der Waals surface area contributed by atoms with E-state index in [-0.39, 0.29) is 12.4 Å². The second kappa shape index (κ2) is 6.59. The number of aryl methyl sites for hydroxylation is 1. The molecule has 0 amide bonds. The largest absolute Gasteiger partial charge is 0.485 e. The second-order valence-electron chi connectivity index (χ2n) is 5.98. The number of carbonyl (C=O) groups excluding carboxylic acids is 1. The summed E-state index contributed by atoms with van der Waals surface area (Å²) in [6.07, 6.45) is 0.806. The summed E-state index contributed by atoms with van der Waals surface area (Å²) in [5.74, 6) is 0.765. The molecule has 0 saturated carbocycles. The Morgan fingerprint density at radius 2 is 1.96 bits per heavy atom. The number of para-hydroxylation sites is 1. The molecule has 0 fully saturated rings. The first-order valence-electron chi connectivity index (χ1n) is 8.46. The van der Waals surface area contributed by atoms with Gasteiger partial charge in [0.2, 0.25) is 0 Å². The molecule has 0 aliphatic rings. The van der Waals surface area contributed by atoms with Crippen molar-refractivity contribution in [3.63, 3.8) is 0 Å². The van der Waals surface area contributed by atoms with Crippen LogP contribution in [0.5, 0.6) is 5.75 Å². The standard InChI is InChI=1S/C21H17FN2O2/c1-2-24-18-9-5-8-17(22)21(18)23-20(24)13-26-19-11-10-14-6-3-4-7-15(14)16(19)12-25/h3-12H,2,13H2,1H3. The van der Waals surface area contributed by atoms with Gasteiger partial charge in [0.25, 0.3) is 0 Å². The zero-order chi connectivity index (χ0) is 18.1. The van der Waals surface area contributed by atoms with Crippen molar-refractivity contribution in [1.29, 1.82) is 0 Å². The number of rotatable bonds is 5. The average Bonchev–Trinajstić information content (AvgIpc) is 3.04. The number of benzene rings is 3. The summed E-state index contributed by atoms with van der Waals surface area (Å²) in [5, 5.41) is 1.82. The fraction of sp³-hybridized carbons (Fsp3) is 0.143. The van der Waals surface area contributed by atoms with E-state index in [1.54, 1.807) is 12.1 Å². The number of carbonyl (C=O) groups is 1. The minimum atomic E-state index is -0.352.